The summed E-state index contributed by atoms with van der Waals surface area (Å²) >= 11 is 0. The molecule has 104 valence electrons. The first-order valence-corrected chi connectivity index (χ1v) is 4.99. The van der Waals surface area contributed by atoms with Crippen LogP contribution in [-0.2, 0) is 14.4 Å². The molecule has 0 saturated carbocycles. The molecule has 0 spiro atoms. The molecule has 0 bridgehead atoms. The Morgan fingerprint density at radius 1 is 1.22 bits per heavy atom. The Balaban J connectivity index is 4.20. The monoisotopic (exact) mass is 270 g/mol. The molecule has 0 aromatic heterocycles. The molecular weight excluding hydrogens is 257 g/mol. The number of nitrogens with two attached hydrogens (primary N) is 1. The number of hydrogen-bond acceptors (Lipinski definition) is 3. The smallest absolute Gasteiger partial charge is 0.389 e. The van der Waals surface area contributed by atoms with E-state index in [1.54, 1.807) is 0 Å². The fraction of sp³-hybridized carbons (Fsp3) is 0.667. The highest BCUT2D eigenvalue weighted by Crippen LogP contribution is 2.21. The predicted molar refractivity (Wildman–Crippen MR) is 53.3 cm³/mol. The van der Waals surface area contributed by atoms with Crippen molar-refractivity contribution in [2.45, 2.75) is 37.9 Å². The Labute approximate surface area is 100 Å². The minimum absolute atomic E-state index is 0.261. The lowest BCUT2D eigenvalue weighted by atomic mass is 10.1. The molecule has 0 aromatic carbocycles. The summed E-state index contributed by atoms with van der Waals surface area (Å²) in [7, 11) is 0. The van der Waals surface area contributed by atoms with Gasteiger partial charge in [-0.25, -0.2) is 4.79 Å². The van der Waals surface area contributed by atoms with Crippen molar-refractivity contribution in [3.63, 3.8) is 0 Å². The van der Waals surface area contributed by atoms with Crippen molar-refractivity contribution in [3.05, 3.63) is 0 Å². The van der Waals surface area contributed by atoms with E-state index in [9.17, 15) is 27.6 Å². The average Bonchev–Trinajstić information content (AvgIpc) is 2.19. The zero-order valence-electron chi connectivity index (χ0n) is 9.29. The van der Waals surface area contributed by atoms with Gasteiger partial charge in [-0.15, -0.1) is 0 Å². The van der Waals surface area contributed by atoms with Crippen LogP contribution in [0.5, 0.6) is 0 Å². The number of nitrogens with one attached hydrogen (secondary N) is 1. The first-order valence-electron chi connectivity index (χ1n) is 4.99. The van der Waals surface area contributed by atoms with E-state index in [2.05, 4.69) is 0 Å². The predicted octanol–water partition coefficient (Wildman–Crippen LogP) is 0.164. The average molecular weight is 270 g/mol. The van der Waals surface area contributed by atoms with Crippen molar-refractivity contribution in [3.8, 4) is 0 Å². The SMILES string of the molecule is NC(=O)CCC(NC(=O)CCC(F)(F)F)C(=O)O. The van der Waals surface area contributed by atoms with Gasteiger partial charge in [0.1, 0.15) is 6.04 Å². The second-order valence-corrected chi connectivity index (χ2v) is 3.58. The van der Waals surface area contributed by atoms with E-state index in [1.165, 1.54) is 0 Å². The number of carbonyl (C=O) groups is 3. The van der Waals surface area contributed by atoms with Gasteiger partial charge in [-0.3, -0.25) is 9.59 Å². The topological polar surface area (TPSA) is 109 Å². The van der Waals surface area contributed by atoms with Crippen molar-refractivity contribution in [2.24, 2.45) is 5.73 Å². The first-order chi connectivity index (χ1) is 8.11. The number of hydrogen-bond donors (Lipinski definition) is 3. The number of rotatable bonds is 7. The molecule has 0 aliphatic heterocycles. The van der Waals surface area contributed by atoms with Crippen LogP contribution in [0.25, 0.3) is 0 Å². The summed E-state index contributed by atoms with van der Waals surface area (Å²) in [5, 5.41) is 10.6. The van der Waals surface area contributed by atoms with E-state index in [0.717, 1.165) is 0 Å². The zero-order valence-corrected chi connectivity index (χ0v) is 9.29. The summed E-state index contributed by atoms with van der Waals surface area (Å²) in [5.41, 5.74) is 4.79. The van der Waals surface area contributed by atoms with E-state index in [4.69, 9.17) is 10.8 Å². The van der Waals surface area contributed by atoms with Crippen LogP contribution in [0.2, 0.25) is 0 Å². The van der Waals surface area contributed by atoms with Crippen molar-refractivity contribution >= 4 is 17.8 Å². The molecule has 0 aromatic rings. The van der Waals surface area contributed by atoms with E-state index in [0.29, 0.717) is 0 Å². The Hall–Kier alpha value is -1.80. The van der Waals surface area contributed by atoms with Gasteiger partial charge in [-0.05, 0) is 6.42 Å². The molecule has 0 rings (SSSR count). The van der Waals surface area contributed by atoms with Crippen LogP contribution in [0.4, 0.5) is 13.2 Å². The van der Waals surface area contributed by atoms with Gasteiger partial charge in [0, 0.05) is 12.8 Å². The largest absolute Gasteiger partial charge is 0.480 e. The quantitative estimate of drug-likeness (QED) is 0.612. The van der Waals surface area contributed by atoms with Gasteiger partial charge in [0.15, 0.2) is 0 Å². The highest BCUT2D eigenvalue weighted by Gasteiger charge is 2.29. The van der Waals surface area contributed by atoms with E-state index in [1.807, 2.05) is 5.32 Å². The normalized spacial score (nSPS) is 12.8. The number of amides is 2. The van der Waals surface area contributed by atoms with Crippen LogP contribution in [-0.4, -0.2) is 35.1 Å². The summed E-state index contributed by atoms with van der Waals surface area (Å²) < 4.78 is 35.4. The van der Waals surface area contributed by atoms with Crippen LogP contribution in [0, 0.1) is 0 Å². The molecule has 0 radical (unpaired) electrons. The van der Waals surface area contributed by atoms with Gasteiger partial charge in [0.25, 0.3) is 0 Å². The summed E-state index contributed by atoms with van der Waals surface area (Å²) in [6.07, 6.45) is -7.22. The van der Waals surface area contributed by atoms with Crippen LogP contribution >= 0.6 is 0 Å². The van der Waals surface area contributed by atoms with E-state index in [-0.39, 0.29) is 12.8 Å². The maximum Gasteiger partial charge on any atom is 0.389 e. The Kier molecular flexibility index (Phi) is 6.14. The minimum atomic E-state index is -4.48. The molecule has 6 nitrogen and oxygen atoms in total. The van der Waals surface area contributed by atoms with Crippen LogP contribution < -0.4 is 11.1 Å². The number of carboxylic acid groups (broad SMARTS) is 1. The van der Waals surface area contributed by atoms with E-state index < -0.39 is 42.8 Å². The molecule has 1 atom stereocenters. The molecule has 0 aliphatic carbocycles. The Morgan fingerprint density at radius 3 is 2.17 bits per heavy atom. The molecular formula is C9H13F3N2O4. The second-order valence-electron chi connectivity index (χ2n) is 3.58. The highest BCUT2D eigenvalue weighted by molar-refractivity contribution is 5.84. The third kappa shape index (κ3) is 8.36. The van der Waals surface area contributed by atoms with Crippen LogP contribution in [0.15, 0.2) is 0 Å². The third-order valence-corrected chi connectivity index (χ3v) is 1.95. The van der Waals surface area contributed by atoms with Crippen molar-refractivity contribution in [1.29, 1.82) is 0 Å². The minimum Gasteiger partial charge on any atom is -0.480 e. The summed E-state index contributed by atoms with van der Waals surface area (Å²) in [4.78, 5) is 32.2. The van der Waals surface area contributed by atoms with Crippen LogP contribution in [0.3, 0.4) is 0 Å². The molecule has 0 fully saturated rings. The van der Waals surface area contributed by atoms with Gasteiger partial charge in [0.05, 0.1) is 6.42 Å². The molecule has 1 unspecified atom stereocenters. The van der Waals surface area contributed by atoms with Gasteiger partial charge in [-0.2, -0.15) is 13.2 Å². The summed E-state index contributed by atoms with van der Waals surface area (Å²) in [6, 6.07) is -1.42. The number of alkyl halides is 3. The Morgan fingerprint density at radius 2 is 1.78 bits per heavy atom. The third-order valence-electron chi connectivity index (χ3n) is 1.95. The lowest BCUT2D eigenvalue weighted by Crippen LogP contribution is -2.41. The first kappa shape index (κ1) is 16.2. The molecule has 0 saturated heterocycles. The maximum absolute atomic E-state index is 11.8. The molecule has 18 heavy (non-hydrogen) atoms. The summed E-state index contributed by atoms with van der Waals surface area (Å²) in [6.45, 7) is 0. The molecule has 9 heteroatoms. The van der Waals surface area contributed by atoms with Crippen LogP contribution in [0.1, 0.15) is 25.7 Å². The van der Waals surface area contributed by atoms with Gasteiger partial charge in [-0.1, -0.05) is 0 Å². The second kappa shape index (κ2) is 6.82. The Bertz CT molecular complexity index is 330. The maximum atomic E-state index is 11.8. The lowest BCUT2D eigenvalue weighted by Gasteiger charge is -2.14. The number of primary amides is 1. The van der Waals surface area contributed by atoms with Gasteiger partial charge >= 0.3 is 12.1 Å². The fourth-order valence-electron chi connectivity index (χ4n) is 1.07. The highest BCUT2D eigenvalue weighted by atomic mass is 19.4. The van der Waals surface area contributed by atoms with E-state index >= 15 is 0 Å². The molecule has 0 heterocycles. The fourth-order valence-corrected chi connectivity index (χ4v) is 1.07. The zero-order chi connectivity index (χ0) is 14.3. The number of halogens is 3. The van der Waals surface area contributed by atoms with Gasteiger partial charge < -0.3 is 16.2 Å². The molecule has 0 aliphatic rings. The molecule has 2 amide bonds. The standard InChI is InChI=1S/C9H13F3N2O4/c10-9(11,12)4-3-7(16)14-5(8(17)18)1-2-6(13)15/h5H,1-4H2,(H2,13,15)(H,14,16)(H,17,18). The molecule has 4 N–H and O–H groups in total. The van der Waals surface area contributed by atoms with Crippen molar-refractivity contribution < 1.29 is 32.7 Å². The van der Waals surface area contributed by atoms with Crippen molar-refractivity contribution in [1.82, 2.24) is 5.32 Å². The number of carboxylic acids is 1. The van der Waals surface area contributed by atoms with Gasteiger partial charge in [0.2, 0.25) is 11.8 Å². The number of aliphatic carboxylic acids is 1. The number of carbonyl (C=O) groups excluding carboxylic acids is 2. The lowest BCUT2D eigenvalue weighted by molar-refractivity contribution is -0.147. The van der Waals surface area contributed by atoms with Crippen molar-refractivity contribution in [2.75, 3.05) is 0 Å². The summed E-state index contributed by atoms with van der Waals surface area (Å²) in [5.74, 6) is -3.23.